The molecule has 6 nitrogen and oxygen atoms in total. The van der Waals surface area contributed by atoms with Gasteiger partial charge in [0, 0.05) is 12.6 Å². The Labute approximate surface area is 148 Å². The third kappa shape index (κ3) is 3.82. The van der Waals surface area contributed by atoms with Crippen LogP contribution in [0.5, 0.6) is 0 Å². The summed E-state index contributed by atoms with van der Waals surface area (Å²) in [6.45, 7) is 3.96. The highest BCUT2D eigenvalue weighted by Crippen LogP contribution is 2.27. The van der Waals surface area contributed by atoms with Crippen LogP contribution in [0.15, 0.2) is 24.4 Å². The molecule has 0 aliphatic rings. The fraction of sp³-hybridized carbons (Fsp3) is 0.312. The number of aromatic nitrogens is 4. The topological polar surface area (TPSA) is 80.7 Å². The van der Waals surface area contributed by atoms with Gasteiger partial charge in [-0.05, 0) is 25.5 Å². The Morgan fingerprint density at radius 1 is 1.25 bits per heavy atom. The average molecular weight is 359 g/mol. The van der Waals surface area contributed by atoms with Crippen LogP contribution in [0, 0.1) is 6.92 Å². The lowest BCUT2D eigenvalue weighted by atomic mass is 10.3. The van der Waals surface area contributed by atoms with Crippen LogP contribution in [0.4, 0.5) is 5.13 Å². The second kappa shape index (κ2) is 7.59. The number of amides is 1. The van der Waals surface area contributed by atoms with E-state index in [1.807, 2.05) is 25.1 Å². The van der Waals surface area contributed by atoms with E-state index in [4.69, 9.17) is 0 Å². The maximum absolute atomic E-state index is 12.5. The number of nitrogens with zero attached hydrogens (tertiary/aromatic N) is 4. The lowest BCUT2D eigenvalue weighted by Gasteiger charge is -1.98. The molecule has 0 radical (unpaired) electrons. The molecule has 0 unspecified atom stereocenters. The molecule has 3 aromatic heterocycles. The summed E-state index contributed by atoms with van der Waals surface area (Å²) in [5, 5.41) is 13.2. The second-order valence-corrected chi connectivity index (χ2v) is 7.27. The highest BCUT2D eigenvalue weighted by molar-refractivity contribution is 7.17. The molecule has 0 fully saturated rings. The van der Waals surface area contributed by atoms with Crippen LogP contribution in [0.1, 0.15) is 40.1 Å². The van der Waals surface area contributed by atoms with Crippen molar-refractivity contribution in [3.05, 3.63) is 40.0 Å². The number of aryl methyl sites for hydroxylation is 2. The SMILES string of the molecule is CCCCc1nnc(NC(=O)c2sc(-c3ccccn3)nc2C)s1. The van der Waals surface area contributed by atoms with E-state index in [1.165, 1.54) is 22.7 Å². The van der Waals surface area contributed by atoms with Crippen molar-refractivity contribution in [1.29, 1.82) is 0 Å². The predicted octanol–water partition coefficient (Wildman–Crippen LogP) is 3.96. The number of carbonyl (C=O) groups excluding carboxylic acids is 1. The van der Waals surface area contributed by atoms with Crippen LogP contribution in [-0.2, 0) is 6.42 Å². The van der Waals surface area contributed by atoms with Gasteiger partial charge in [0.1, 0.15) is 14.9 Å². The minimum absolute atomic E-state index is 0.203. The summed E-state index contributed by atoms with van der Waals surface area (Å²) < 4.78 is 0. The van der Waals surface area contributed by atoms with Gasteiger partial charge in [-0.1, -0.05) is 30.7 Å². The number of thiazole rings is 1. The second-order valence-electron chi connectivity index (χ2n) is 5.21. The Balaban J connectivity index is 1.73. The Bertz CT molecular complexity index is 828. The zero-order valence-corrected chi connectivity index (χ0v) is 15.1. The summed E-state index contributed by atoms with van der Waals surface area (Å²) in [5.74, 6) is -0.203. The quantitative estimate of drug-likeness (QED) is 0.720. The van der Waals surface area contributed by atoms with Gasteiger partial charge in [-0.3, -0.25) is 15.1 Å². The highest BCUT2D eigenvalue weighted by atomic mass is 32.1. The molecule has 3 heterocycles. The molecule has 0 bridgehead atoms. The van der Waals surface area contributed by atoms with Gasteiger partial charge >= 0.3 is 0 Å². The van der Waals surface area contributed by atoms with Crippen LogP contribution in [0.3, 0.4) is 0 Å². The van der Waals surface area contributed by atoms with Crippen molar-refractivity contribution in [3.8, 4) is 10.7 Å². The number of anilines is 1. The number of rotatable bonds is 6. The molecule has 0 aliphatic carbocycles. The summed E-state index contributed by atoms with van der Waals surface area (Å²) in [6.07, 6.45) is 4.79. The molecule has 0 atom stereocenters. The molecule has 3 rings (SSSR count). The number of carbonyl (C=O) groups is 1. The van der Waals surface area contributed by atoms with Gasteiger partial charge in [0.15, 0.2) is 0 Å². The van der Waals surface area contributed by atoms with Crippen LogP contribution in [-0.4, -0.2) is 26.1 Å². The number of hydrogen-bond donors (Lipinski definition) is 1. The molecule has 8 heteroatoms. The fourth-order valence-corrected chi connectivity index (χ4v) is 3.81. The number of nitrogens with one attached hydrogen (secondary N) is 1. The summed E-state index contributed by atoms with van der Waals surface area (Å²) in [6, 6.07) is 5.63. The molecule has 0 aromatic carbocycles. The Kier molecular flexibility index (Phi) is 5.27. The number of hydrogen-bond acceptors (Lipinski definition) is 7. The Morgan fingerprint density at radius 2 is 2.12 bits per heavy atom. The van der Waals surface area contributed by atoms with Crippen molar-refractivity contribution in [2.75, 3.05) is 5.32 Å². The summed E-state index contributed by atoms with van der Waals surface area (Å²) >= 11 is 2.75. The Hall–Kier alpha value is -2.19. The third-order valence-corrected chi connectivity index (χ3v) is 5.40. The minimum atomic E-state index is -0.203. The third-order valence-electron chi connectivity index (χ3n) is 3.32. The van der Waals surface area contributed by atoms with Gasteiger partial charge in [-0.2, -0.15) is 0 Å². The molecule has 24 heavy (non-hydrogen) atoms. The van der Waals surface area contributed by atoms with E-state index >= 15 is 0 Å². The average Bonchev–Trinajstić information content (AvgIpc) is 3.20. The van der Waals surface area contributed by atoms with Gasteiger partial charge in [-0.15, -0.1) is 21.5 Å². The lowest BCUT2D eigenvalue weighted by Crippen LogP contribution is -2.11. The number of pyridine rings is 1. The summed E-state index contributed by atoms with van der Waals surface area (Å²) in [7, 11) is 0. The van der Waals surface area contributed by atoms with E-state index in [2.05, 4.69) is 32.4 Å². The lowest BCUT2D eigenvalue weighted by molar-refractivity contribution is 0.102. The summed E-state index contributed by atoms with van der Waals surface area (Å²) in [5.41, 5.74) is 1.45. The maximum atomic E-state index is 12.5. The van der Waals surface area contributed by atoms with Gasteiger partial charge in [-0.25, -0.2) is 4.98 Å². The zero-order chi connectivity index (χ0) is 16.9. The molecular formula is C16H17N5OS2. The van der Waals surface area contributed by atoms with E-state index in [1.54, 1.807) is 6.20 Å². The van der Waals surface area contributed by atoms with Gasteiger partial charge in [0.2, 0.25) is 5.13 Å². The standard InChI is InChI=1S/C16H17N5OS2/c1-3-4-8-12-20-21-16(23-12)19-14(22)13-10(2)18-15(24-13)11-7-5-6-9-17-11/h5-7,9H,3-4,8H2,1-2H3,(H,19,21,22). The van der Waals surface area contributed by atoms with Crippen LogP contribution in [0.25, 0.3) is 10.7 Å². The number of unbranched alkanes of at least 4 members (excludes halogenated alkanes) is 1. The predicted molar refractivity (Wildman–Crippen MR) is 96.6 cm³/mol. The summed E-state index contributed by atoms with van der Waals surface area (Å²) in [4.78, 5) is 21.8. The molecule has 0 saturated carbocycles. The van der Waals surface area contributed by atoms with Crippen LogP contribution in [0.2, 0.25) is 0 Å². The largest absolute Gasteiger partial charge is 0.296 e. The molecule has 124 valence electrons. The van der Waals surface area contributed by atoms with Gasteiger partial charge < -0.3 is 0 Å². The first-order valence-corrected chi connectivity index (χ1v) is 9.33. The van der Waals surface area contributed by atoms with Crippen molar-refractivity contribution in [2.45, 2.75) is 33.1 Å². The smallest absolute Gasteiger partial charge is 0.269 e. The van der Waals surface area contributed by atoms with Crippen molar-refractivity contribution in [2.24, 2.45) is 0 Å². The normalized spacial score (nSPS) is 10.8. The van der Waals surface area contributed by atoms with Gasteiger partial charge in [0.25, 0.3) is 5.91 Å². The molecule has 1 amide bonds. The van der Waals surface area contributed by atoms with Crippen LogP contribution < -0.4 is 5.32 Å². The first kappa shape index (κ1) is 16.7. The molecule has 0 spiro atoms. The van der Waals surface area contributed by atoms with Crippen molar-refractivity contribution >= 4 is 33.7 Å². The maximum Gasteiger partial charge on any atom is 0.269 e. The monoisotopic (exact) mass is 359 g/mol. The molecular weight excluding hydrogens is 342 g/mol. The van der Waals surface area contributed by atoms with E-state index in [0.29, 0.717) is 15.7 Å². The first-order chi connectivity index (χ1) is 11.7. The van der Waals surface area contributed by atoms with Crippen LogP contribution >= 0.6 is 22.7 Å². The van der Waals surface area contributed by atoms with E-state index in [0.717, 1.165) is 35.0 Å². The van der Waals surface area contributed by atoms with E-state index < -0.39 is 0 Å². The molecule has 0 saturated heterocycles. The van der Waals surface area contributed by atoms with Crippen molar-refractivity contribution in [1.82, 2.24) is 20.2 Å². The van der Waals surface area contributed by atoms with E-state index in [-0.39, 0.29) is 5.91 Å². The van der Waals surface area contributed by atoms with Crippen molar-refractivity contribution in [3.63, 3.8) is 0 Å². The highest BCUT2D eigenvalue weighted by Gasteiger charge is 2.18. The first-order valence-electron chi connectivity index (χ1n) is 7.70. The molecule has 0 aliphatic heterocycles. The Morgan fingerprint density at radius 3 is 2.88 bits per heavy atom. The van der Waals surface area contributed by atoms with Gasteiger partial charge in [0.05, 0.1) is 11.4 Å². The zero-order valence-electron chi connectivity index (χ0n) is 13.4. The van der Waals surface area contributed by atoms with E-state index in [9.17, 15) is 4.79 Å². The molecule has 1 N–H and O–H groups in total. The van der Waals surface area contributed by atoms with Crippen molar-refractivity contribution < 1.29 is 4.79 Å². The molecule has 3 aromatic rings. The minimum Gasteiger partial charge on any atom is -0.296 e. The fourth-order valence-electron chi connectivity index (χ4n) is 2.09.